The molecule has 0 spiro atoms. The van der Waals surface area contributed by atoms with E-state index in [-0.39, 0.29) is 17.5 Å². The minimum absolute atomic E-state index is 0.0516. The predicted molar refractivity (Wildman–Crippen MR) is 68.1 cm³/mol. The van der Waals surface area contributed by atoms with Gasteiger partial charge in [0.2, 0.25) is 11.8 Å². The third-order valence-corrected chi connectivity index (χ3v) is 2.32. The molecule has 20 heavy (non-hydrogen) atoms. The predicted octanol–water partition coefficient (Wildman–Crippen LogP) is 1.16. The molecule has 1 heterocycles. The first-order valence-corrected chi connectivity index (χ1v) is 5.80. The summed E-state index contributed by atoms with van der Waals surface area (Å²) < 4.78 is 26.0. The number of aryl methyl sites for hydroxylation is 1. The fourth-order valence-corrected chi connectivity index (χ4v) is 1.41. The Hall–Kier alpha value is -2.10. The summed E-state index contributed by atoms with van der Waals surface area (Å²) in [5.74, 6) is -3.61. The number of nitrogens with zero attached hydrogens (tertiary/aromatic N) is 3. The lowest BCUT2D eigenvalue weighted by atomic mass is 10.3. The van der Waals surface area contributed by atoms with Crippen LogP contribution in [0.15, 0.2) is 0 Å². The molecular formula is C10H15F2N5O3. The highest BCUT2D eigenvalue weighted by molar-refractivity contribution is 5.60. The molecule has 10 heteroatoms. The van der Waals surface area contributed by atoms with Gasteiger partial charge in [-0.05, 0) is 13.8 Å². The maximum absolute atomic E-state index is 13.0. The molecule has 0 unspecified atom stereocenters. The Morgan fingerprint density at radius 1 is 1.40 bits per heavy atom. The number of alkyl halides is 2. The Labute approximate surface area is 113 Å². The van der Waals surface area contributed by atoms with E-state index in [0.29, 0.717) is 6.54 Å². The van der Waals surface area contributed by atoms with Gasteiger partial charge in [0.1, 0.15) is 12.3 Å². The molecule has 0 saturated heterocycles. The average molecular weight is 291 g/mol. The van der Waals surface area contributed by atoms with Crippen LogP contribution in [0.1, 0.15) is 12.6 Å². The monoisotopic (exact) mass is 291 g/mol. The van der Waals surface area contributed by atoms with Crippen molar-refractivity contribution in [3.8, 4) is 0 Å². The molecule has 1 aromatic heterocycles. The summed E-state index contributed by atoms with van der Waals surface area (Å²) in [5, 5.41) is 24.3. The van der Waals surface area contributed by atoms with Crippen LogP contribution in [-0.4, -0.2) is 45.6 Å². The van der Waals surface area contributed by atoms with Crippen molar-refractivity contribution < 1.29 is 18.8 Å². The molecular weight excluding hydrogens is 276 g/mol. The summed E-state index contributed by atoms with van der Waals surface area (Å²) in [7, 11) is 0. The fourth-order valence-electron chi connectivity index (χ4n) is 1.41. The van der Waals surface area contributed by atoms with Crippen LogP contribution < -0.4 is 10.6 Å². The molecule has 0 aliphatic carbocycles. The van der Waals surface area contributed by atoms with Crippen LogP contribution in [0.4, 0.5) is 26.2 Å². The smallest absolute Gasteiger partial charge is 0.332 e. The van der Waals surface area contributed by atoms with Crippen LogP contribution >= 0.6 is 0 Å². The molecule has 0 amide bonds. The Morgan fingerprint density at radius 3 is 2.55 bits per heavy atom. The molecule has 1 aromatic rings. The van der Waals surface area contributed by atoms with Crippen LogP contribution in [0.25, 0.3) is 0 Å². The van der Waals surface area contributed by atoms with Crippen molar-refractivity contribution in [1.29, 1.82) is 0 Å². The Kier molecular flexibility index (Phi) is 5.08. The van der Waals surface area contributed by atoms with E-state index in [1.54, 1.807) is 6.92 Å². The van der Waals surface area contributed by atoms with Crippen molar-refractivity contribution in [2.24, 2.45) is 0 Å². The van der Waals surface area contributed by atoms with Crippen LogP contribution in [0.3, 0.4) is 0 Å². The number of hydrogen-bond donors (Lipinski definition) is 3. The van der Waals surface area contributed by atoms with Crippen molar-refractivity contribution in [1.82, 2.24) is 9.97 Å². The third-order valence-electron chi connectivity index (χ3n) is 2.32. The quantitative estimate of drug-likeness (QED) is 0.510. The van der Waals surface area contributed by atoms with E-state index < -0.39 is 29.7 Å². The lowest BCUT2D eigenvalue weighted by molar-refractivity contribution is -0.385. The van der Waals surface area contributed by atoms with Crippen LogP contribution in [0.5, 0.6) is 0 Å². The molecule has 0 fully saturated rings. The molecule has 0 aliphatic heterocycles. The van der Waals surface area contributed by atoms with Crippen LogP contribution in [0, 0.1) is 17.0 Å². The molecule has 1 rings (SSSR count). The number of hydrogen-bond acceptors (Lipinski definition) is 7. The first-order valence-electron chi connectivity index (χ1n) is 5.80. The molecule has 0 bridgehead atoms. The number of halogens is 2. The van der Waals surface area contributed by atoms with Crippen LogP contribution in [0.2, 0.25) is 0 Å². The van der Waals surface area contributed by atoms with Gasteiger partial charge < -0.3 is 15.7 Å². The van der Waals surface area contributed by atoms with Gasteiger partial charge in [0.05, 0.1) is 11.5 Å². The minimum atomic E-state index is -3.40. The minimum Gasteiger partial charge on any atom is -0.390 e. The lowest BCUT2D eigenvalue weighted by Gasteiger charge is -2.15. The van der Waals surface area contributed by atoms with Crippen molar-refractivity contribution in [3.63, 3.8) is 0 Å². The fraction of sp³-hybridized carbons (Fsp3) is 0.600. The summed E-state index contributed by atoms with van der Waals surface area (Å²) in [6, 6.07) is 0. The molecule has 0 saturated carbocycles. The second-order valence-electron chi connectivity index (χ2n) is 3.98. The highest BCUT2D eigenvalue weighted by atomic mass is 19.3. The van der Waals surface area contributed by atoms with E-state index in [2.05, 4.69) is 20.6 Å². The largest absolute Gasteiger partial charge is 0.390 e. The van der Waals surface area contributed by atoms with Gasteiger partial charge in [0, 0.05) is 6.54 Å². The van der Waals surface area contributed by atoms with Gasteiger partial charge in [-0.3, -0.25) is 10.1 Å². The van der Waals surface area contributed by atoms with Crippen molar-refractivity contribution >= 4 is 17.5 Å². The molecule has 112 valence electrons. The van der Waals surface area contributed by atoms with E-state index >= 15 is 0 Å². The number of nitrogens with one attached hydrogen (secondary N) is 2. The topological polar surface area (TPSA) is 113 Å². The SMILES string of the molecule is CCNc1nc(C)c([N+](=O)[O-])c(NCC(F)(F)CO)n1. The van der Waals surface area contributed by atoms with E-state index in [1.165, 1.54) is 6.92 Å². The summed E-state index contributed by atoms with van der Waals surface area (Å²) in [5.41, 5.74) is -0.420. The van der Waals surface area contributed by atoms with Crippen molar-refractivity contribution in [2.75, 3.05) is 30.3 Å². The summed E-state index contributed by atoms with van der Waals surface area (Å²) in [6.45, 7) is 1.30. The summed E-state index contributed by atoms with van der Waals surface area (Å²) >= 11 is 0. The standard InChI is InChI=1S/C10H15F2N5O3/c1-3-13-9-15-6(2)7(17(19)20)8(16-9)14-4-10(11,12)5-18/h18H,3-5H2,1-2H3,(H2,13,14,15,16). The lowest BCUT2D eigenvalue weighted by Crippen LogP contribution is -2.31. The molecule has 0 aromatic carbocycles. The van der Waals surface area contributed by atoms with Gasteiger partial charge >= 0.3 is 5.69 Å². The number of rotatable bonds is 7. The summed E-state index contributed by atoms with van der Waals surface area (Å²) in [4.78, 5) is 17.8. The van der Waals surface area contributed by atoms with Gasteiger partial charge in [-0.25, -0.2) is 13.8 Å². The average Bonchev–Trinajstić information content (AvgIpc) is 2.36. The van der Waals surface area contributed by atoms with Gasteiger partial charge in [0.25, 0.3) is 5.92 Å². The van der Waals surface area contributed by atoms with Crippen LogP contribution in [-0.2, 0) is 0 Å². The zero-order valence-corrected chi connectivity index (χ0v) is 11.0. The van der Waals surface area contributed by atoms with Gasteiger partial charge in [-0.15, -0.1) is 0 Å². The Balaban J connectivity index is 3.10. The van der Waals surface area contributed by atoms with Crippen molar-refractivity contribution in [2.45, 2.75) is 19.8 Å². The zero-order chi connectivity index (χ0) is 15.3. The Bertz CT molecular complexity index is 498. The van der Waals surface area contributed by atoms with Gasteiger partial charge in [-0.1, -0.05) is 0 Å². The zero-order valence-electron chi connectivity index (χ0n) is 11.0. The number of anilines is 2. The second kappa shape index (κ2) is 6.37. The number of aliphatic hydroxyl groups excluding tert-OH is 1. The Morgan fingerprint density at radius 2 is 2.05 bits per heavy atom. The first kappa shape index (κ1) is 16.0. The van der Waals surface area contributed by atoms with Gasteiger partial charge in [0.15, 0.2) is 0 Å². The van der Waals surface area contributed by atoms with Gasteiger partial charge in [-0.2, -0.15) is 4.98 Å². The first-order chi connectivity index (χ1) is 9.30. The maximum atomic E-state index is 13.0. The number of nitro groups is 1. The molecule has 3 N–H and O–H groups in total. The third kappa shape index (κ3) is 3.95. The normalized spacial score (nSPS) is 11.2. The summed E-state index contributed by atoms with van der Waals surface area (Å²) in [6.07, 6.45) is 0. The van der Waals surface area contributed by atoms with E-state index in [0.717, 1.165) is 0 Å². The molecule has 0 atom stereocenters. The number of aliphatic hydroxyl groups is 1. The van der Waals surface area contributed by atoms with E-state index in [1.807, 2.05) is 0 Å². The highest BCUT2D eigenvalue weighted by Crippen LogP contribution is 2.27. The van der Waals surface area contributed by atoms with Crippen molar-refractivity contribution in [3.05, 3.63) is 15.8 Å². The van der Waals surface area contributed by atoms with E-state index in [9.17, 15) is 18.9 Å². The number of aromatic nitrogens is 2. The second-order valence-corrected chi connectivity index (χ2v) is 3.98. The maximum Gasteiger partial charge on any atom is 0.332 e. The molecule has 0 aliphatic rings. The highest BCUT2D eigenvalue weighted by Gasteiger charge is 2.30. The molecule has 8 nitrogen and oxygen atoms in total. The van der Waals surface area contributed by atoms with E-state index in [4.69, 9.17) is 5.11 Å². The molecule has 0 radical (unpaired) electrons.